The maximum atomic E-state index is 13.6. The molecule has 0 unspecified atom stereocenters. The summed E-state index contributed by atoms with van der Waals surface area (Å²) in [5.74, 6) is -1.87. The molecule has 1 atom stereocenters. The molecule has 1 amide bonds. The van der Waals surface area contributed by atoms with Gasteiger partial charge in [-0.2, -0.15) is 13.2 Å². The second kappa shape index (κ2) is 11.3. The number of carbonyl (C=O) groups excluding carboxylic acids is 1. The summed E-state index contributed by atoms with van der Waals surface area (Å²) < 4.78 is 39.5. The van der Waals surface area contributed by atoms with Gasteiger partial charge in [-0.05, 0) is 28.3 Å². The minimum absolute atomic E-state index is 0.114. The first-order valence-corrected chi connectivity index (χ1v) is 12.0. The highest BCUT2D eigenvalue weighted by Gasteiger charge is 2.39. The first-order chi connectivity index (χ1) is 18.2. The molecule has 0 aromatic heterocycles. The van der Waals surface area contributed by atoms with Gasteiger partial charge in [-0.1, -0.05) is 109 Å². The largest absolute Gasteiger partial charge is 0.480 e. The molecule has 0 aliphatic rings. The van der Waals surface area contributed by atoms with Crippen molar-refractivity contribution < 1.29 is 27.9 Å². The Morgan fingerprint density at radius 1 is 0.684 bits per heavy atom. The normalized spacial score (nSPS) is 12.5. The number of rotatable bonds is 9. The Balaban J connectivity index is 1.70. The third-order valence-corrected chi connectivity index (χ3v) is 6.55. The van der Waals surface area contributed by atoms with E-state index in [1.54, 1.807) is 0 Å². The standard InChI is InChI=1S/C31H26F3NO3/c32-31(33,34)26-18-10-11-22(19-26)20-27(29(37)38)35-28(36)21-30(23-12-4-1-5-13-23,24-14-6-2-7-15-24)25-16-8-3-9-17-25/h1-19,27H,20-21H2,(H,35,36)(H,37,38)/t27-/m1/s1. The number of carboxylic acid groups (broad SMARTS) is 1. The van der Waals surface area contributed by atoms with Crippen LogP contribution in [-0.2, 0) is 27.6 Å². The van der Waals surface area contributed by atoms with Gasteiger partial charge in [0, 0.05) is 12.8 Å². The molecule has 194 valence electrons. The fraction of sp³-hybridized carbons (Fsp3) is 0.161. The lowest BCUT2D eigenvalue weighted by Gasteiger charge is -2.36. The fourth-order valence-corrected chi connectivity index (χ4v) is 4.77. The lowest BCUT2D eigenvalue weighted by molar-refractivity contribution is -0.141. The Morgan fingerprint density at radius 2 is 1.13 bits per heavy atom. The van der Waals surface area contributed by atoms with Gasteiger partial charge in [0.05, 0.1) is 11.0 Å². The van der Waals surface area contributed by atoms with Gasteiger partial charge in [-0.15, -0.1) is 0 Å². The third-order valence-electron chi connectivity index (χ3n) is 6.55. The number of alkyl halides is 3. The molecule has 0 heterocycles. The molecule has 2 N–H and O–H groups in total. The minimum atomic E-state index is -4.56. The monoisotopic (exact) mass is 517 g/mol. The molecule has 0 radical (unpaired) electrons. The van der Waals surface area contributed by atoms with E-state index >= 15 is 0 Å². The highest BCUT2D eigenvalue weighted by atomic mass is 19.4. The predicted molar refractivity (Wildman–Crippen MR) is 139 cm³/mol. The number of amides is 1. The summed E-state index contributed by atoms with van der Waals surface area (Å²) >= 11 is 0. The average molecular weight is 518 g/mol. The second-order valence-corrected chi connectivity index (χ2v) is 9.04. The van der Waals surface area contributed by atoms with E-state index in [0.29, 0.717) is 0 Å². The fourth-order valence-electron chi connectivity index (χ4n) is 4.77. The van der Waals surface area contributed by atoms with Crippen molar-refractivity contribution in [2.75, 3.05) is 0 Å². The van der Waals surface area contributed by atoms with Crippen LogP contribution < -0.4 is 5.32 Å². The summed E-state index contributed by atoms with van der Waals surface area (Å²) in [5, 5.41) is 12.4. The van der Waals surface area contributed by atoms with Crippen LogP contribution in [0.15, 0.2) is 115 Å². The smallest absolute Gasteiger partial charge is 0.416 e. The zero-order valence-electron chi connectivity index (χ0n) is 20.4. The maximum Gasteiger partial charge on any atom is 0.416 e. The highest BCUT2D eigenvalue weighted by molar-refractivity contribution is 5.85. The summed E-state index contributed by atoms with van der Waals surface area (Å²) in [5.41, 5.74) is 0.884. The number of nitrogens with one attached hydrogen (secondary N) is 1. The van der Waals surface area contributed by atoms with E-state index in [0.717, 1.165) is 28.8 Å². The van der Waals surface area contributed by atoms with Crippen LogP contribution in [0.5, 0.6) is 0 Å². The van der Waals surface area contributed by atoms with Gasteiger partial charge < -0.3 is 10.4 Å². The number of benzene rings is 4. The summed E-state index contributed by atoms with van der Waals surface area (Å²) in [6.45, 7) is 0. The molecule has 0 bridgehead atoms. The van der Waals surface area contributed by atoms with Crippen LogP contribution in [0.4, 0.5) is 13.2 Å². The summed E-state index contributed by atoms with van der Waals surface area (Å²) in [6.07, 6.45) is -4.96. The van der Waals surface area contributed by atoms with Crippen LogP contribution in [0.1, 0.15) is 34.2 Å². The van der Waals surface area contributed by atoms with E-state index in [1.165, 1.54) is 12.1 Å². The van der Waals surface area contributed by atoms with E-state index in [9.17, 15) is 27.9 Å². The Labute approximate surface area is 218 Å². The van der Waals surface area contributed by atoms with Gasteiger partial charge in [0.1, 0.15) is 6.04 Å². The zero-order valence-corrected chi connectivity index (χ0v) is 20.4. The van der Waals surface area contributed by atoms with Crippen LogP contribution in [0.25, 0.3) is 0 Å². The molecule has 38 heavy (non-hydrogen) atoms. The van der Waals surface area contributed by atoms with Gasteiger partial charge in [-0.3, -0.25) is 4.79 Å². The van der Waals surface area contributed by atoms with E-state index < -0.39 is 35.1 Å². The van der Waals surface area contributed by atoms with E-state index in [-0.39, 0.29) is 18.4 Å². The molecular weight excluding hydrogens is 491 g/mol. The maximum absolute atomic E-state index is 13.6. The van der Waals surface area contributed by atoms with Crippen LogP contribution in [0.3, 0.4) is 0 Å². The molecule has 0 saturated heterocycles. The first-order valence-electron chi connectivity index (χ1n) is 12.0. The van der Waals surface area contributed by atoms with E-state index in [1.807, 2.05) is 91.0 Å². The van der Waals surface area contributed by atoms with Crippen LogP contribution in [-0.4, -0.2) is 23.0 Å². The van der Waals surface area contributed by atoms with Gasteiger partial charge >= 0.3 is 12.1 Å². The van der Waals surface area contributed by atoms with Crippen molar-refractivity contribution in [1.82, 2.24) is 5.32 Å². The number of carboxylic acids is 1. The van der Waals surface area contributed by atoms with Gasteiger partial charge in [0.2, 0.25) is 5.91 Å². The average Bonchev–Trinajstić information content (AvgIpc) is 2.92. The lowest BCUT2D eigenvalue weighted by Crippen LogP contribution is -2.45. The van der Waals surface area contributed by atoms with Crippen LogP contribution in [0.2, 0.25) is 0 Å². The van der Waals surface area contributed by atoms with Crippen molar-refractivity contribution >= 4 is 11.9 Å². The van der Waals surface area contributed by atoms with Crippen molar-refractivity contribution in [3.63, 3.8) is 0 Å². The SMILES string of the molecule is O=C(CC(c1ccccc1)(c1ccccc1)c1ccccc1)N[C@H](Cc1cccc(C(F)(F)F)c1)C(=O)O. The quantitative estimate of drug-likeness (QED) is 0.258. The second-order valence-electron chi connectivity index (χ2n) is 9.04. The van der Waals surface area contributed by atoms with Crippen molar-refractivity contribution in [3.05, 3.63) is 143 Å². The summed E-state index contributed by atoms with van der Waals surface area (Å²) in [4.78, 5) is 25.6. The number of hydrogen-bond acceptors (Lipinski definition) is 2. The van der Waals surface area contributed by atoms with Gasteiger partial charge in [0.25, 0.3) is 0 Å². The van der Waals surface area contributed by atoms with E-state index in [4.69, 9.17) is 0 Å². The van der Waals surface area contributed by atoms with Crippen molar-refractivity contribution in [3.8, 4) is 0 Å². The first kappa shape index (κ1) is 26.7. The van der Waals surface area contributed by atoms with E-state index in [2.05, 4.69) is 5.32 Å². The van der Waals surface area contributed by atoms with Crippen molar-refractivity contribution in [2.24, 2.45) is 0 Å². The Morgan fingerprint density at radius 3 is 1.55 bits per heavy atom. The number of carbonyl (C=O) groups is 2. The molecule has 0 spiro atoms. The third kappa shape index (κ3) is 5.94. The van der Waals surface area contributed by atoms with Crippen LogP contribution >= 0.6 is 0 Å². The van der Waals surface area contributed by atoms with Crippen LogP contribution in [0, 0.1) is 0 Å². The molecule has 0 saturated carbocycles. The molecule has 0 fully saturated rings. The minimum Gasteiger partial charge on any atom is -0.480 e. The molecule has 7 heteroatoms. The topological polar surface area (TPSA) is 66.4 Å². The molecule has 4 aromatic carbocycles. The molecule has 0 aliphatic heterocycles. The Kier molecular flexibility index (Phi) is 7.96. The molecule has 4 rings (SSSR count). The lowest BCUT2D eigenvalue weighted by atomic mass is 9.67. The van der Waals surface area contributed by atoms with Gasteiger partial charge in [-0.25, -0.2) is 4.79 Å². The zero-order chi connectivity index (χ0) is 27.2. The number of aliphatic carboxylic acids is 1. The van der Waals surface area contributed by atoms with Gasteiger partial charge in [0.15, 0.2) is 0 Å². The number of hydrogen-bond donors (Lipinski definition) is 2. The molecule has 4 aromatic rings. The summed E-state index contributed by atoms with van der Waals surface area (Å²) in [7, 11) is 0. The highest BCUT2D eigenvalue weighted by Crippen LogP contribution is 2.42. The summed E-state index contributed by atoms with van der Waals surface area (Å²) in [6, 6.07) is 31.5. The van der Waals surface area contributed by atoms with Crippen molar-refractivity contribution in [1.29, 1.82) is 0 Å². The predicted octanol–water partition coefficient (Wildman–Crippen LogP) is 6.24. The molecule has 0 aliphatic carbocycles. The van der Waals surface area contributed by atoms with Crippen molar-refractivity contribution in [2.45, 2.75) is 30.5 Å². The Bertz CT molecular complexity index is 1280. The molecular formula is C31H26F3NO3. The number of halogens is 3. The Hall–Kier alpha value is -4.39. The molecule has 4 nitrogen and oxygen atoms in total.